The lowest BCUT2D eigenvalue weighted by Crippen LogP contribution is -2.16. The van der Waals surface area contributed by atoms with Gasteiger partial charge in [0.2, 0.25) is 0 Å². The minimum absolute atomic E-state index is 0.0252. The SMILES string of the molecule is CN(Cc1ccc(Br)cc1)c1nc(CC(=O)O)cs1. The van der Waals surface area contributed by atoms with E-state index in [2.05, 4.69) is 20.9 Å². The van der Waals surface area contributed by atoms with Crippen LogP contribution in [0.1, 0.15) is 11.3 Å². The molecule has 0 unspecified atom stereocenters. The first-order valence-corrected chi connectivity index (χ1v) is 7.33. The smallest absolute Gasteiger partial charge is 0.309 e. The summed E-state index contributed by atoms with van der Waals surface area (Å²) in [7, 11) is 1.95. The Kier molecular flexibility index (Phi) is 4.55. The second kappa shape index (κ2) is 6.16. The highest BCUT2D eigenvalue weighted by atomic mass is 79.9. The van der Waals surface area contributed by atoms with Crippen LogP contribution in [0.15, 0.2) is 34.1 Å². The number of hydrogen-bond acceptors (Lipinski definition) is 4. The molecule has 0 fully saturated rings. The molecule has 1 heterocycles. The fraction of sp³-hybridized carbons (Fsp3) is 0.231. The fourth-order valence-corrected chi connectivity index (χ4v) is 2.70. The molecule has 2 aromatic rings. The largest absolute Gasteiger partial charge is 0.481 e. The van der Waals surface area contributed by atoms with Gasteiger partial charge >= 0.3 is 5.97 Å². The van der Waals surface area contributed by atoms with Gasteiger partial charge in [0, 0.05) is 23.4 Å². The molecule has 0 atom stereocenters. The van der Waals surface area contributed by atoms with E-state index in [4.69, 9.17) is 5.11 Å². The second-order valence-corrected chi connectivity index (χ2v) is 5.93. The van der Waals surface area contributed by atoms with E-state index < -0.39 is 5.97 Å². The van der Waals surface area contributed by atoms with E-state index in [1.165, 1.54) is 16.9 Å². The molecule has 0 aliphatic rings. The molecule has 0 saturated carbocycles. The van der Waals surface area contributed by atoms with Gasteiger partial charge in [0.1, 0.15) is 0 Å². The molecule has 100 valence electrons. The van der Waals surface area contributed by atoms with Crippen LogP contribution in [-0.2, 0) is 17.8 Å². The Balaban J connectivity index is 2.03. The number of rotatable bonds is 5. The predicted molar refractivity (Wildman–Crippen MR) is 79.7 cm³/mol. The summed E-state index contributed by atoms with van der Waals surface area (Å²) in [5.74, 6) is -0.854. The monoisotopic (exact) mass is 340 g/mol. The molecule has 6 heteroatoms. The fourth-order valence-electron chi connectivity index (χ4n) is 1.64. The van der Waals surface area contributed by atoms with Crippen LogP contribution in [0.3, 0.4) is 0 Å². The Morgan fingerprint density at radius 2 is 2.11 bits per heavy atom. The minimum atomic E-state index is -0.854. The third-order valence-electron chi connectivity index (χ3n) is 2.53. The van der Waals surface area contributed by atoms with Gasteiger partial charge in [0.25, 0.3) is 0 Å². The van der Waals surface area contributed by atoms with Crippen molar-refractivity contribution in [2.75, 3.05) is 11.9 Å². The molecule has 0 radical (unpaired) electrons. The normalized spacial score (nSPS) is 10.4. The maximum Gasteiger partial charge on any atom is 0.309 e. The molecule has 0 saturated heterocycles. The average Bonchev–Trinajstić information content (AvgIpc) is 2.80. The molecule has 0 aliphatic heterocycles. The molecule has 1 aromatic heterocycles. The van der Waals surface area contributed by atoms with Crippen LogP contribution >= 0.6 is 27.3 Å². The summed E-state index contributed by atoms with van der Waals surface area (Å²) in [6.07, 6.45) is -0.0252. The number of nitrogens with zero attached hydrogens (tertiary/aromatic N) is 2. The predicted octanol–water partition coefficient (Wildman–Crippen LogP) is 3.17. The number of carboxylic acid groups (broad SMARTS) is 1. The molecule has 0 aliphatic carbocycles. The first-order valence-electron chi connectivity index (χ1n) is 5.66. The maximum atomic E-state index is 10.6. The quantitative estimate of drug-likeness (QED) is 0.908. The number of aromatic nitrogens is 1. The highest BCUT2D eigenvalue weighted by Gasteiger charge is 2.09. The van der Waals surface area contributed by atoms with Gasteiger partial charge in [0.05, 0.1) is 12.1 Å². The lowest BCUT2D eigenvalue weighted by molar-refractivity contribution is -0.136. The minimum Gasteiger partial charge on any atom is -0.481 e. The summed E-state index contributed by atoms with van der Waals surface area (Å²) in [5, 5.41) is 11.3. The maximum absolute atomic E-state index is 10.6. The van der Waals surface area contributed by atoms with Gasteiger partial charge in [-0.3, -0.25) is 4.79 Å². The molecule has 0 spiro atoms. The number of thiazole rings is 1. The number of carbonyl (C=O) groups is 1. The number of benzene rings is 1. The van der Waals surface area contributed by atoms with Crippen molar-refractivity contribution >= 4 is 38.4 Å². The zero-order valence-corrected chi connectivity index (χ0v) is 12.7. The first-order chi connectivity index (χ1) is 9.04. The van der Waals surface area contributed by atoms with Crippen LogP contribution < -0.4 is 4.90 Å². The zero-order valence-electron chi connectivity index (χ0n) is 10.3. The molecule has 2 rings (SSSR count). The number of hydrogen-bond donors (Lipinski definition) is 1. The lowest BCUT2D eigenvalue weighted by atomic mass is 10.2. The van der Waals surface area contributed by atoms with Crippen LogP contribution in [0.4, 0.5) is 5.13 Å². The van der Waals surface area contributed by atoms with E-state index >= 15 is 0 Å². The van der Waals surface area contributed by atoms with Crippen molar-refractivity contribution in [1.29, 1.82) is 0 Å². The van der Waals surface area contributed by atoms with Crippen LogP contribution in [0.5, 0.6) is 0 Å². The highest BCUT2D eigenvalue weighted by Crippen LogP contribution is 2.22. The first kappa shape index (κ1) is 14.0. The van der Waals surface area contributed by atoms with Gasteiger partial charge < -0.3 is 10.0 Å². The summed E-state index contributed by atoms with van der Waals surface area (Å²) in [6, 6.07) is 8.10. The van der Waals surface area contributed by atoms with Crippen molar-refractivity contribution in [2.24, 2.45) is 0 Å². The number of halogens is 1. The third kappa shape index (κ3) is 4.04. The van der Waals surface area contributed by atoms with E-state index in [1.54, 1.807) is 5.38 Å². The Bertz CT molecular complexity index is 568. The highest BCUT2D eigenvalue weighted by molar-refractivity contribution is 9.10. The van der Waals surface area contributed by atoms with Crippen molar-refractivity contribution in [2.45, 2.75) is 13.0 Å². The zero-order chi connectivity index (χ0) is 13.8. The van der Waals surface area contributed by atoms with Gasteiger partial charge in [-0.25, -0.2) is 4.98 Å². The average molecular weight is 341 g/mol. The van der Waals surface area contributed by atoms with Crippen molar-refractivity contribution < 1.29 is 9.90 Å². The summed E-state index contributed by atoms with van der Waals surface area (Å²) in [6.45, 7) is 0.743. The molecular weight excluding hydrogens is 328 g/mol. The van der Waals surface area contributed by atoms with Crippen molar-refractivity contribution in [3.05, 3.63) is 45.4 Å². The molecular formula is C13H13BrN2O2S. The summed E-state index contributed by atoms with van der Waals surface area (Å²) >= 11 is 4.87. The molecule has 0 amide bonds. The summed E-state index contributed by atoms with van der Waals surface area (Å²) in [5.41, 5.74) is 1.79. The Morgan fingerprint density at radius 3 is 2.74 bits per heavy atom. The molecule has 1 aromatic carbocycles. The molecule has 1 N–H and O–H groups in total. The van der Waals surface area contributed by atoms with Gasteiger partial charge in [0.15, 0.2) is 5.13 Å². The van der Waals surface area contributed by atoms with E-state index in [0.29, 0.717) is 5.69 Å². The Morgan fingerprint density at radius 1 is 1.42 bits per heavy atom. The standard InChI is InChI=1S/C13H13BrN2O2S/c1-16(7-9-2-4-10(14)5-3-9)13-15-11(8-19-13)6-12(17)18/h2-5,8H,6-7H2,1H3,(H,17,18). The Hall–Kier alpha value is -1.40. The van der Waals surface area contributed by atoms with Crippen LogP contribution in [0.25, 0.3) is 0 Å². The third-order valence-corrected chi connectivity index (χ3v) is 4.06. The molecule has 4 nitrogen and oxygen atoms in total. The van der Waals surface area contributed by atoms with E-state index in [-0.39, 0.29) is 6.42 Å². The van der Waals surface area contributed by atoms with Gasteiger partial charge in [-0.15, -0.1) is 11.3 Å². The molecule has 19 heavy (non-hydrogen) atoms. The summed E-state index contributed by atoms with van der Waals surface area (Å²) < 4.78 is 1.05. The van der Waals surface area contributed by atoms with E-state index in [0.717, 1.165) is 16.1 Å². The van der Waals surface area contributed by atoms with Gasteiger partial charge in [-0.2, -0.15) is 0 Å². The van der Waals surface area contributed by atoms with E-state index in [9.17, 15) is 4.79 Å². The topological polar surface area (TPSA) is 53.4 Å². The van der Waals surface area contributed by atoms with Crippen LogP contribution in [0, 0.1) is 0 Å². The number of aliphatic carboxylic acids is 1. The molecule has 0 bridgehead atoms. The number of carboxylic acids is 1. The van der Waals surface area contributed by atoms with Crippen molar-refractivity contribution in [3.63, 3.8) is 0 Å². The van der Waals surface area contributed by atoms with Gasteiger partial charge in [-0.05, 0) is 17.7 Å². The second-order valence-electron chi connectivity index (χ2n) is 4.17. The Labute approximate surface area is 123 Å². The van der Waals surface area contributed by atoms with Crippen LogP contribution in [0.2, 0.25) is 0 Å². The summed E-state index contributed by atoms with van der Waals surface area (Å²) in [4.78, 5) is 16.9. The van der Waals surface area contributed by atoms with Crippen LogP contribution in [-0.4, -0.2) is 23.1 Å². The van der Waals surface area contributed by atoms with Crippen molar-refractivity contribution in [3.8, 4) is 0 Å². The van der Waals surface area contributed by atoms with E-state index in [1.807, 2.05) is 36.2 Å². The van der Waals surface area contributed by atoms with Crippen molar-refractivity contribution in [1.82, 2.24) is 4.98 Å². The van der Waals surface area contributed by atoms with Gasteiger partial charge in [-0.1, -0.05) is 28.1 Å². The lowest BCUT2D eigenvalue weighted by Gasteiger charge is -2.15. The number of anilines is 1.